The first kappa shape index (κ1) is 15.4. The van der Waals surface area contributed by atoms with E-state index in [-0.39, 0.29) is 9.77 Å². The summed E-state index contributed by atoms with van der Waals surface area (Å²) < 4.78 is 31.2. The molecule has 8 heteroatoms. The number of nitrogens with two attached hydrogens (primary N) is 1. The summed E-state index contributed by atoms with van der Waals surface area (Å²) in [6.45, 7) is 1.47. The molecular formula is C12H18N2O4S2. The number of methoxy groups -OCH3 is 1. The summed E-state index contributed by atoms with van der Waals surface area (Å²) in [6.07, 6.45) is 1.51. The number of hydrogen-bond donors (Lipinski definition) is 1. The maximum Gasteiger partial charge on any atom is 0.349 e. The second kappa shape index (κ2) is 6.21. The van der Waals surface area contributed by atoms with Crippen LogP contribution in [0.15, 0.2) is 16.3 Å². The summed E-state index contributed by atoms with van der Waals surface area (Å²) in [5.41, 5.74) is 5.61. The summed E-state index contributed by atoms with van der Waals surface area (Å²) in [6, 6.07) is 1.46. The van der Waals surface area contributed by atoms with Crippen molar-refractivity contribution >= 4 is 27.3 Å². The van der Waals surface area contributed by atoms with Gasteiger partial charge in [-0.2, -0.15) is 4.31 Å². The maximum absolute atomic E-state index is 12.6. The van der Waals surface area contributed by atoms with E-state index in [0.29, 0.717) is 25.6 Å². The number of esters is 1. The summed E-state index contributed by atoms with van der Waals surface area (Å²) >= 11 is 1.08. The van der Waals surface area contributed by atoms with Gasteiger partial charge in [-0.15, -0.1) is 11.3 Å². The lowest BCUT2D eigenvalue weighted by Gasteiger charge is -2.30. The van der Waals surface area contributed by atoms with Crippen LogP contribution in [0.2, 0.25) is 0 Å². The molecule has 2 rings (SSSR count). The van der Waals surface area contributed by atoms with Gasteiger partial charge in [0.1, 0.15) is 9.77 Å². The lowest BCUT2D eigenvalue weighted by molar-refractivity contribution is 0.0602. The van der Waals surface area contributed by atoms with Gasteiger partial charge in [0.25, 0.3) is 0 Å². The number of thiophene rings is 1. The topological polar surface area (TPSA) is 89.7 Å². The van der Waals surface area contributed by atoms with Crippen LogP contribution in [0.5, 0.6) is 0 Å². The average Bonchev–Trinajstić information content (AvgIpc) is 2.96. The van der Waals surface area contributed by atoms with Crippen molar-refractivity contribution in [3.05, 3.63) is 16.3 Å². The molecule has 0 unspecified atom stereocenters. The molecule has 1 fully saturated rings. The molecule has 0 saturated carbocycles. The lowest BCUT2D eigenvalue weighted by atomic mass is 9.99. The fourth-order valence-corrected chi connectivity index (χ4v) is 5.04. The van der Waals surface area contributed by atoms with Crippen molar-refractivity contribution in [2.45, 2.75) is 17.7 Å². The number of carbonyl (C=O) groups excluding carboxylic acids is 1. The molecule has 112 valence electrons. The summed E-state index contributed by atoms with van der Waals surface area (Å²) in [5.74, 6) is -0.237. The Morgan fingerprint density at radius 1 is 1.50 bits per heavy atom. The Labute approximate surface area is 122 Å². The number of nitrogens with zero attached hydrogens (tertiary/aromatic N) is 1. The molecule has 6 nitrogen and oxygen atoms in total. The molecule has 1 saturated heterocycles. The smallest absolute Gasteiger partial charge is 0.349 e. The van der Waals surface area contributed by atoms with Crippen molar-refractivity contribution in [2.75, 3.05) is 26.7 Å². The first-order chi connectivity index (χ1) is 9.50. The first-order valence-corrected chi connectivity index (χ1v) is 8.68. The quantitative estimate of drug-likeness (QED) is 0.833. The Morgan fingerprint density at radius 3 is 2.70 bits per heavy atom. The van der Waals surface area contributed by atoms with Gasteiger partial charge in [-0.3, -0.25) is 0 Å². The predicted molar refractivity (Wildman–Crippen MR) is 76.2 cm³/mol. The minimum absolute atomic E-state index is 0.0422. The van der Waals surface area contributed by atoms with Gasteiger partial charge < -0.3 is 10.5 Å². The Morgan fingerprint density at radius 2 is 2.15 bits per heavy atom. The number of carbonyl (C=O) groups is 1. The number of ether oxygens (including phenoxy) is 1. The van der Waals surface area contributed by atoms with Crippen LogP contribution in [0.25, 0.3) is 0 Å². The molecule has 1 aliphatic rings. The zero-order valence-corrected chi connectivity index (χ0v) is 12.9. The van der Waals surface area contributed by atoms with Crippen LogP contribution in [0, 0.1) is 5.92 Å². The van der Waals surface area contributed by atoms with Crippen LogP contribution in [0.3, 0.4) is 0 Å². The third-order valence-electron chi connectivity index (χ3n) is 3.52. The fraction of sp³-hybridized carbons (Fsp3) is 0.583. The molecular weight excluding hydrogens is 300 g/mol. The summed E-state index contributed by atoms with van der Waals surface area (Å²) in [7, 11) is -2.39. The molecule has 2 heterocycles. The van der Waals surface area contributed by atoms with Crippen LogP contribution in [0.1, 0.15) is 22.5 Å². The van der Waals surface area contributed by atoms with Gasteiger partial charge in [0.15, 0.2) is 0 Å². The van der Waals surface area contributed by atoms with Crippen molar-refractivity contribution in [2.24, 2.45) is 11.7 Å². The Balaban J connectivity index is 2.23. The Bertz CT molecular complexity index is 574. The molecule has 1 aliphatic heterocycles. The van der Waals surface area contributed by atoms with E-state index in [4.69, 9.17) is 5.73 Å². The molecule has 0 atom stereocenters. The zero-order valence-electron chi connectivity index (χ0n) is 11.2. The first-order valence-electron chi connectivity index (χ1n) is 6.36. The molecule has 0 amide bonds. The molecule has 2 N–H and O–H groups in total. The third-order valence-corrected chi connectivity index (χ3v) is 6.49. The van der Waals surface area contributed by atoms with E-state index in [0.717, 1.165) is 24.2 Å². The van der Waals surface area contributed by atoms with E-state index in [2.05, 4.69) is 4.74 Å². The number of hydrogen-bond acceptors (Lipinski definition) is 6. The normalized spacial score (nSPS) is 18.1. The van der Waals surface area contributed by atoms with E-state index < -0.39 is 16.0 Å². The second-order valence-corrected chi connectivity index (χ2v) is 7.51. The van der Waals surface area contributed by atoms with Gasteiger partial charge in [0, 0.05) is 13.1 Å². The zero-order chi connectivity index (χ0) is 14.8. The average molecular weight is 318 g/mol. The summed E-state index contributed by atoms with van der Waals surface area (Å²) in [4.78, 5) is 11.8. The highest BCUT2D eigenvalue weighted by atomic mass is 32.2. The number of sulfonamides is 1. The van der Waals surface area contributed by atoms with Crippen LogP contribution in [-0.4, -0.2) is 45.4 Å². The summed E-state index contributed by atoms with van der Waals surface area (Å²) in [5, 5.41) is 1.59. The highest BCUT2D eigenvalue weighted by molar-refractivity contribution is 7.89. The van der Waals surface area contributed by atoms with Gasteiger partial charge >= 0.3 is 5.97 Å². The highest BCUT2D eigenvalue weighted by Crippen LogP contribution is 2.28. The van der Waals surface area contributed by atoms with E-state index >= 15 is 0 Å². The van der Waals surface area contributed by atoms with Gasteiger partial charge in [-0.25, -0.2) is 13.2 Å². The standard InChI is InChI=1S/C12H18N2O4S2/c1-18-12(15)11-10(4-7-19-11)20(16,17)14-5-2-9(8-13)3-6-14/h4,7,9H,2-3,5-6,8,13H2,1H3. The predicted octanol–water partition coefficient (Wildman–Crippen LogP) is 0.894. The largest absolute Gasteiger partial charge is 0.465 e. The second-order valence-electron chi connectivity index (χ2n) is 4.69. The highest BCUT2D eigenvalue weighted by Gasteiger charge is 2.32. The third kappa shape index (κ3) is 2.88. The van der Waals surface area contributed by atoms with Crippen LogP contribution >= 0.6 is 11.3 Å². The fourth-order valence-electron chi connectivity index (χ4n) is 2.27. The van der Waals surface area contributed by atoms with Crippen LogP contribution in [0.4, 0.5) is 0 Å². The van der Waals surface area contributed by atoms with Gasteiger partial charge in [-0.1, -0.05) is 0 Å². The van der Waals surface area contributed by atoms with E-state index in [9.17, 15) is 13.2 Å². The van der Waals surface area contributed by atoms with Crippen molar-refractivity contribution in [3.63, 3.8) is 0 Å². The van der Waals surface area contributed by atoms with Crippen molar-refractivity contribution in [1.29, 1.82) is 0 Å². The molecule has 0 aromatic carbocycles. The Kier molecular flexibility index (Phi) is 4.79. The van der Waals surface area contributed by atoms with Crippen LogP contribution < -0.4 is 5.73 Å². The lowest BCUT2D eigenvalue weighted by Crippen LogP contribution is -2.40. The molecule has 1 aromatic heterocycles. The van der Waals surface area contributed by atoms with Gasteiger partial charge in [-0.05, 0) is 36.8 Å². The monoisotopic (exact) mass is 318 g/mol. The van der Waals surface area contributed by atoms with Gasteiger partial charge in [0.2, 0.25) is 10.0 Å². The van der Waals surface area contributed by atoms with Crippen molar-refractivity contribution in [3.8, 4) is 0 Å². The van der Waals surface area contributed by atoms with Gasteiger partial charge in [0.05, 0.1) is 7.11 Å². The van der Waals surface area contributed by atoms with E-state index in [1.165, 1.54) is 17.5 Å². The van der Waals surface area contributed by atoms with Crippen LogP contribution in [-0.2, 0) is 14.8 Å². The number of piperidine rings is 1. The van der Waals surface area contributed by atoms with Crippen molar-refractivity contribution < 1.29 is 17.9 Å². The molecule has 0 spiro atoms. The maximum atomic E-state index is 12.6. The molecule has 20 heavy (non-hydrogen) atoms. The SMILES string of the molecule is COC(=O)c1sccc1S(=O)(=O)N1CCC(CN)CC1. The van der Waals surface area contributed by atoms with E-state index in [1.807, 2.05) is 0 Å². The minimum atomic E-state index is -3.63. The van der Waals surface area contributed by atoms with E-state index in [1.54, 1.807) is 5.38 Å². The Hall–Kier alpha value is -0.960. The van der Waals surface area contributed by atoms with Crippen molar-refractivity contribution in [1.82, 2.24) is 4.31 Å². The molecule has 1 aromatic rings. The molecule has 0 aliphatic carbocycles. The molecule has 0 radical (unpaired) electrons. The molecule has 0 bridgehead atoms. The number of rotatable bonds is 4. The minimum Gasteiger partial charge on any atom is -0.465 e.